The van der Waals surface area contributed by atoms with E-state index in [1.165, 1.54) is 0 Å². The first-order chi connectivity index (χ1) is 8.13. The van der Waals surface area contributed by atoms with Gasteiger partial charge in [0, 0.05) is 17.8 Å². The zero-order valence-electron chi connectivity index (χ0n) is 10.5. The first kappa shape index (κ1) is 13.9. The van der Waals surface area contributed by atoms with E-state index in [9.17, 15) is 4.79 Å². The molecule has 0 unspecified atom stereocenters. The minimum Gasteiger partial charge on any atom is -0.399 e. The molecule has 0 saturated carbocycles. The predicted molar refractivity (Wildman–Crippen MR) is 76.5 cm³/mol. The second-order valence-electron chi connectivity index (χ2n) is 3.92. The van der Waals surface area contributed by atoms with Gasteiger partial charge >= 0.3 is 0 Å². The number of carbonyl (C=O) groups excluding carboxylic acids is 1. The minimum absolute atomic E-state index is 0.0783. The van der Waals surface area contributed by atoms with E-state index in [-0.39, 0.29) is 5.91 Å². The van der Waals surface area contributed by atoms with E-state index in [2.05, 4.69) is 12.2 Å². The van der Waals surface area contributed by atoms with Gasteiger partial charge in [-0.05, 0) is 48.6 Å². The number of thioether (sulfide) groups is 1. The third-order valence-electron chi connectivity index (χ3n) is 2.42. The number of amides is 1. The van der Waals surface area contributed by atoms with Gasteiger partial charge in [-0.2, -0.15) is 11.8 Å². The number of benzene rings is 1. The molecule has 1 aromatic rings. The van der Waals surface area contributed by atoms with Gasteiger partial charge in [0.25, 0.3) is 0 Å². The van der Waals surface area contributed by atoms with Crippen LogP contribution in [0.2, 0.25) is 0 Å². The van der Waals surface area contributed by atoms with Gasteiger partial charge in [-0.25, -0.2) is 0 Å². The fraction of sp³-hybridized carbons (Fsp3) is 0.462. The summed E-state index contributed by atoms with van der Waals surface area (Å²) in [5.41, 5.74) is 8.23. The molecule has 3 N–H and O–H groups in total. The Morgan fingerprint density at radius 1 is 1.47 bits per heavy atom. The number of carbonyl (C=O) groups is 1. The van der Waals surface area contributed by atoms with Crippen LogP contribution in [0.4, 0.5) is 11.4 Å². The molecule has 94 valence electrons. The van der Waals surface area contributed by atoms with Gasteiger partial charge < -0.3 is 11.1 Å². The molecule has 0 spiro atoms. The Morgan fingerprint density at radius 3 is 2.88 bits per heavy atom. The Kier molecular flexibility index (Phi) is 5.91. The monoisotopic (exact) mass is 252 g/mol. The summed E-state index contributed by atoms with van der Waals surface area (Å²) in [5, 5.41) is 2.91. The van der Waals surface area contributed by atoms with Crippen molar-refractivity contribution >= 4 is 29.0 Å². The molecule has 0 bridgehead atoms. The quantitative estimate of drug-likeness (QED) is 0.604. The van der Waals surface area contributed by atoms with E-state index in [4.69, 9.17) is 5.73 Å². The van der Waals surface area contributed by atoms with E-state index >= 15 is 0 Å². The first-order valence-electron chi connectivity index (χ1n) is 5.87. The number of rotatable bonds is 6. The molecular weight excluding hydrogens is 232 g/mol. The Labute approximate surface area is 107 Å². The lowest BCUT2D eigenvalue weighted by atomic mass is 10.1. The summed E-state index contributed by atoms with van der Waals surface area (Å²) in [6.07, 6.45) is 1.51. The highest BCUT2D eigenvalue weighted by atomic mass is 32.2. The molecule has 1 rings (SSSR count). The highest BCUT2D eigenvalue weighted by Gasteiger charge is 2.04. The van der Waals surface area contributed by atoms with Gasteiger partial charge in [-0.1, -0.05) is 6.92 Å². The first-order valence-corrected chi connectivity index (χ1v) is 7.02. The van der Waals surface area contributed by atoms with Crippen LogP contribution in [0.1, 0.15) is 25.3 Å². The fourth-order valence-electron chi connectivity index (χ4n) is 1.52. The largest absolute Gasteiger partial charge is 0.399 e. The van der Waals surface area contributed by atoms with Crippen LogP contribution in [0.25, 0.3) is 0 Å². The van der Waals surface area contributed by atoms with Crippen molar-refractivity contribution in [2.24, 2.45) is 0 Å². The summed E-state index contributed by atoms with van der Waals surface area (Å²) < 4.78 is 0. The molecule has 0 aromatic heterocycles. The molecule has 0 aliphatic carbocycles. The highest BCUT2D eigenvalue weighted by Crippen LogP contribution is 2.18. The number of anilines is 2. The smallest absolute Gasteiger partial charge is 0.224 e. The van der Waals surface area contributed by atoms with E-state index in [0.29, 0.717) is 6.42 Å². The van der Waals surface area contributed by atoms with Crippen molar-refractivity contribution < 1.29 is 4.79 Å². The maximum atomic E-state index is 11.7. The molecule has 1 aromatic carbocycles. The second-order valence-corrected chi connectivity index (χ2v) is 5.32. The summed E-state index contributed by atoms with van der Waals surface area (Å²) in [4.78, 5) is 11.7. The molecular formula is C13H20N2OS. The van der Waals surface area contributed by atoms with Crippen LogP contribution in [0.15, 0.2) is 18.2 Å². The fourth-order valence-corrected chi connectivity index (χ4v) is 2.16. The summed E-state index contributed by atoms with van der Waals surface area (Å²) >= 11 is 1.86. The topological polar surface area (TPSA) is 55.1 Å². The molecule has 0 saturated heterocycles. The van der Waals surface area contributed by atoms with Crippen molar-refractivity contribution in [1.82, 2.24) is 0 Å². The SMILES string of the molecule is CCSCCCC(=O)Nc1ccc(N)cc1C. The minimum atomic E-state index is 0.0783. The summed E-state index contributed by atoms with van der Waals surface area (Å²) in [6, 6.07) is 5.52. The number of nitrogens with two attached hydrogens (primary N) is 1. The van der Waals surface area contributed by atoms with E-state index < -0.39 is 0 Å². The number of nitrogen functional groups attached to an aromatic ring is 1. The van der Waals surface area contributed by atoms with Crippen LogP contribution < -0.4 is 11.1 Å². The van der Waals surface area contributed by atoms with Gasteiger partial charge in [0.2, 0.25) is 5.91 Å². The predicted octanol–water partition coefficient (Wildman–Crippen LogP) is 3.05. The number of nitrogens with one attached hydrogen (secondary N) is 1. The van der Waals surface area contributed by atoms with Crippen LogP contribution in [-0.2, 0) is 4.79 Å². The standard InChI is InChI=1S/C13H20N2OS/c1-3-17-8-4-5-13(16)15-12-7-6-11(14)9-10(12)2/h6-7,9H,3-5,8,14H2,1-2H3,(H,15,16). The average Bonchev–Trinajstić information content (AvgIpc) is 2.28. The highest BCUT2D eigenvalue weighted by molar-refractivity contribution is 7.99. The Bertz CT molecular complexity index is 380. The van der Waals surface area contributed by atoms with Crippen molar-refractivity contribution in [2.75, 3.05) is 22.6 Å². The maximum Gasteiger partial charge on any atom is 0.224 e. The van der Waals surface area contributed by atoms with Crippen molar-refractivity contribution in [3.63, 3.8) is 0 Å². The van der Waals surface area contributed by atoms with Crippen LogP contribution in [0, 0.1) is 6.92 Å². The Hall–Kier alpha value is -1.16. The van der Waals surface area contributed by atoms with Crippen LogP contribution in [0.5, 0.6) is 0 Å². The van der Waals surface area contributed by atoms with Gasteiger partial charge in [0.05, 0.1) is 0 Å². The number of hydrogen-bond donors (Lipinski definition) is 2. The third-order valence-corrected chi connectivity index (χ3v) is 3.41. The summed E-state index contributed by atoms with van der Waals surface area (Å²) in [7, 11) is 0. The molecule has 3 nitrogen and oxygen atoms in total. The lowest BCUT2D eigenvalue weighted by Gasteiger charge is -2.08. The van der Waals surface area contributed by atoms with Gasteiger partial charge in [-0.15, -0.1) is 0 Å². The van der Waals surface area contributed by atoms with E-state index in [1.54, 1.807) is 6.07 Å². The summed E-state index contributed by atoms with van der Waals surface area (Å²) in [5.74, 6) is 2.23. The molecule has 0 atom stereocenters. The normalized spacial score (nSPS) is 10.2. The molecule has 0 aliphatic rings. The molecule has 0 fully saturated rings. The summed E-state index contributed by atoms with van der Waals surface area (Å²) in [6.45, 7) is 4.07. The van der Waals surface area contributed by atoms with Crippen LogP contribution >= 0.6 is 11.8 Å². The molecule has 17 heavy (non-hydrogen) atoms. The van der Waals surface area contributed by atoms with Crippen LogP contribution in [0.3, 0.4) is 0 Å². The third kappa shape index (κ3) is 5.13. The van der Waals surface area contributed by atoms with Crippen molar-refractivity contribution in [3.8, 4) is 0 Å². The molecule has 0 heterocycles. The molecule has 4 heteroatoms. The van der Waals surface area contributed by atoms with E-state index in [0.717, 1.165) is 34.9 Å². The second kappa shape index (κ2) is 7.22. The van der Waals surface area contributed by atoms with Crippen LogP contribution in [-0.4, -0.2) is 17.4 Å². The molecule has 0 radical (unpaired) electrons. The van der Waals surface area contributed by atoms with Crippen molar-refractivity contribution in [3.05, 3.63) is 23.8 Å². The van der Waals surface area contributed by atoms with E-state index in [1.807, 2.05) is 30.8 Å². The number of hydrogen-bond acceptors (Lipinski definition) is 3. The van der Waals surface area contributed by atoms with Gasteiger partial charge in [0.15, 0.2) is 0 Å². The van der Waals surface area contributed by atoms with Crippen molar-refractivity contribution in [1.29, 1.82) is 0 Å². The zero-order valence-corrected chi connectivity index (χ0v) is 11.3. The van der Waals surface area contributed by atoms with Gasteiger partial charge in [-0.3, -0.25) is 4.79 Å². The lowest BCUT2D eigenvalue weighted by Crippen LogP contribution is -2.12. The zero-order chi connectivity index (χ0) is 12.7. The molecule has 1 amide bonds. The Balaban J connectivity index is 2.40. The van der Waals surface area contributed by atoms with Gasteiger partial charge in [0.1, 0.15) is 0 Å². The number of aryl methyl sites for hydroxylation is 1. The average molecular weight is 252 g/mol. The Morgan fingerprint density at radius 2 is 2.24 bits per heavy atom. The van der Waals surface area contributed by atoms with Crippen molar-refractivity contribution in [2.45, 2.75) is 26.7 Å². The molecule has 0 aliphatic heterocycles. The maximum absolute atomic E-state index is 11.7. The lowest BCUT2D eigenvalue weighted by molar-refractivity contribution is -0.116.